The Balaban J connectivity index is 2.27. The first-order valence-electron chi connectivity index (χ1n) is 4.44. The Morgan fingerprint density at radius 2 is 2.19 bits per heavy atom. The Bertz CT molecular complexity index is 477. The topological polar surface area (TPSA) is 35.2 Å². The number of hydrogen-bond acceptors (Lipinski definition) is 4. The molecule has 2 aromatic rings. The van der Waals surface area contributed by atoms with Crippen molar-refractivity contribution in [2.75, 3.05) is 7.11 Å². The predicted octanol–water partition coefficient (Wildman–Crippen LogP) is 4.28. The van der Waals surface area contributed by atoms with Crippen molar-refractivity contribution in [3.8, 4) is 5.75 Å². The molecule has 1 unspecified atom stereocenters. The average molecular weight is 339 g/mol. The van der Waals surface area contributed by atoms with Crippen molar-refractivity contribution in [3.63, 3.8) is 0 Å². The number of ether oxygens (including phenoxy) is 1. The molecule has 0 aliphatic rings. The molecule has 2 aromatic heterocycles. The van der Waals surface area contributed by atoms with E-state index in [1.54, 1.807) is 18.4 Å². The largest absolute Gasteiger partial charge is 0.496 e. The summed E-state index contributed by atoms with van der Waals surface area (Å²) in [6.07, 6.45) is 0. The second kappa shape index (κ2) is 5.06. The van der Waals surface area contributed by atoms with Crippen molar-refractivity contribution in [1.29, 1.82) is 0 Å². The second-order valence-electron chi connectivity index (χ2n) is 3.14. The lowest BCUT2D eigenvalue weighted by Gasteiger charge is -2.05. The summed E-state index contributed by atoms with van der Waals surface area (Å²) >= 11 is 12.4. The van der Waals surface area contributed by atoms with Gasteiger partial charge in [-0.2, -0.15) is 0 Å². The van der Waals surface area contributed by atoms with Crippen LogP contribution in [-0.4, -0.2) is 7.11 Å². The molecular formula is C10H9BrClNOS2. The monoisotopic (exact) mass is 337 g/mol. The lowest BCUT2D eigenvalue weighted by molar-refractivity contribution is 0.416. The van der Waals surface area contributed by atoms with E-state index in [0.29, 0.717) is 0 Å². The van der Waals surface area contributed by atoms with Gasteiger partial charge in [-0.25, -0.2) is 0 Å². The molecule has 0 fully saturated rings. The molecule has 1 atom stereocenters. The van der Waals surface area contributed by atoms with Crippen molar-refractivity contribution in [2.45, 2.75) is 6.04 Å². The molecule has 2 N–H and O–H groups in total. The summed E-state index contributed by atoms with van der Waals surface area (Å²) in [7, 11) is 1.65. The first-order valence-corrected chi connectivity index (χ1v) is 7.31. The van der Waals surface area contributed by atoms with E-state index < -0.39 is 0 Å². The van der Waals surface area contributed by atoms with Crippen LogP contribution < -0.4 is 10.5 Å². The maximum absolute atomic E-state index is 6.15. The minimum atomic E-state index is -0.136. The highest BCUT2D eigenvalue weighted by atomic mass is 79.9. The third-order valence-electron chi connectivity index (χ3n) is 2.11. The first kappa shape index (κ1) is 12.4. The van der Waals surface area contributed by atoms with E-state index in [4.69, 9.17) is 22.1 Å². The van der Waals surface area contributed by atoms with Crippen LogP contribution in [0, 0.1) is 0 Å². The Labute approximate surface area is 115 Å². The molecule has 0 spiro atoms. The van der Waals surface area contributed by atoms with Crippen LogP contribution in [-0.2, 0) is 0 Å². The molecule has 0 saturated heterocycles. The van der Waals surface area contributed by atoms with Crippen molar-refractivity contribution < 1.29 is 4.74 Å². The lowest BCUT2D eigenvalue weighted by atomic mass is 10.2. The summed E-state index contributed by atoms with van der Waals surface area (Å²) < 4.78 is 6.76. The van der Waals surface area contributed by atoms with Crippen LogP contribution in [0.2, 0.25) is 4.34 Å². The van der Waals surface area contributed by atoms with Crippen molar-refractivity contribution >= 4 is 50.2 Å². The van der Waals surface area contributed by atoms with Gasteiger partial charge in [-0.1, -0.05) is 11.6 Å². The van der Waals surface area contributed by atoms with Gasteiger partial charge in [0.2, 0.25) is 0 Å². The van der Waals surface area contributed by atoms with E-state index >= 15 is 0 Å². The van der Waals surface area contributed by atoms with Gasteiger partial charge in [0.1, 0.15) is 10.1 Å². The molecule has 0 aromatic carbocycles. The normalized spacial score (nSPS) is 12.8. The van der Waals surface area contributed by atoms with Gasteiger partial charge in [0.05, 0.1) is 13.2 Å². The number of halogens is 2. The SMILES string of the molecule is COc1csc(C(N)c2cc(Br)c(Cl)s2)c1. The van der Waals surface area contributed by atoms with E-state index in [2.05, 4.69) is 15.9 Å². The van der Waals surface area contributed by atoms with E-state index in [-0.39, 0.29) is 6.04 Å². The number of nitrogens with two attached hydrogens (primary N) is 1. The fourth-order valence-electron chi connectivity index (χ4n) is 1.26. The molecule has 2 nitrogen and oxygen atoms in total. The van der Waals surface area contributed by atoms with Gasteiger partial charge < -0.3 is 10.5 Å². The zero-order valence-electron chi connectivity index (χ0n) is 8.37. The highest BCUT2D eigenvalue weighted by Gasteiger charge is 2.16. The Morgan fingerprint density at radius 1 is 1.44 bits per heavy atom. The van der Waals surface area contributed by atoms with Crippen LogP contribution in [0.25, 0.3) is 0 Å². The molecule has 0 aliphatic carbocycles. The van der Waals surface area contributed by atoms with Gasteiger partial charge >= 0.3 is 0 Å². The predicted molar refractivity (Wildman–Crippen MR) is 73.9 cm³/mol. The van der Waals surface area contributed by atoms with E-state index in [9.17, 15) is 0 Å². The van der Waals surface area contributed by atoms with Crippen LogP contribution in [0.4, 0.5) is 0 Å². The van der Waals surface area contributed by atoms with Gasteiger partial charge in [-0.05, 0) is 28.1 Å². The molecule has 6 heteroatoms. The van der Waals surface area contributed by atoms with Crippen LogP contribution in [0.1, 0.15) is 15.8 Å². The number of methoxy groups -OCH3 is 1. The van der Waals surface area contributed by atoms with Crippen LogP contribution >= 0.6 is 50.2 Å². The van der Waals surface area contributed by atoms with Gasteiger partial charge in [-0.3, -0.25) is 0 Å². The van der Waals surface area contributed by atoms with E-state index in [1.807, 2.05) is 17.5 Å². The van der Waals surface area contributed by atoms with Crippen LogP contribution in [0.5, 0.6) is 5.75 Å². The summed E-state index contributed by atoms with van der Waals surface area (Å²) in [6, 6.07) is 3.78. The van der Waals surface area contributed by atoms with Crippen molar-refractivity contribution in [3.05, 3.63) is 36.1 Å². The average Bonchev–Trinajstić information content (AvgIpc) is 2.86. The quantitative estimate of drug-likeness (QED) is 0.906. The number of hydrogen-bond donors (Lipinski definition) is 1. The van der Waals surface area contributed by atoms with Crippen molar-refractivity contribution in [2.24, 2.45) is 5.73 Å². The van der Waals surface area contributed by atoms with Crippen LogP contribution in [0.3, 0.4) is 0 Å². The lowest BCUT2D eigenvalue weighted by Crippen LogP contribution is -2.07. The molecule has 2 rings (SSSR count). The maximum atomic E-state index is 6.15. The summed E-state index contributed by atoms with van der Waals surface area (Å²) in [5, 5.41) is 1.94. The molecule has 0 aliphatic heterocycles. The molecule has 0 bridgehead atoms. The maximum Gasteiger partial charge on any atom is 0.129 e. The van der Waals surface area contributed by atoms with Gasteiger partial charge in [0.15, 0.2) is 0 Å². The highest BCUT2D eigenvalue weighted by Crippen LogP contribution is 2.38. The third-order valence-corrected chi connectivity index (χ3v) is 5.66. The first-order chi connectivity index (χ1) is 7.61. The zero-order valence-corrected chi connectivity index (χ0v) is 12.3. The minimum Gasteiger partial charge on any atom is -0.496 e. The van der Waals surface area contributed by atoms with E-state index in [0.717, 1.165) is 24.3 Å². The minimum absolute atomic E-state index is 0.136. The Hall–Kier alpha value is -0.0700. The van der Waals surface area contributed by atoms with E-state index in [1.165, 1.54) is 11.3 Å². The Morgan fingerprint density at radius 3 is 2.69 bits per heavy atom. The van der Waals surface area contributed by atoms with Gasteiger partial charge in [0, 0.05) is 19.6 Å². The molecule has 16 heavy (non-hydrogen) atoms. The fraction of sp³-hybridized carbons (Fsp3) is 0.200. The summed E-state index contributed by atoms with van der Waals surface area (Å²) in [5.41, 5.74) is 6.15. The molecule has 0 amide bonds. The summed E-state index contributed by atoms with van der Waals surface area (Å²) in [5.74, 6) is 0.845. The van der Waals surface area contributed by atoms with Gasteiger partial charge in [-0.15, -0.1) is 22.7 Å². The van der Waals surface area contributed by atoms with Crippen LogP contribution in [0.15, 0.2) is 22.0 Å². The summed E-state index contributed by atoms with van der Waals surface area (Å²) in [4.78, 5) is 2.11. The fourth-order valence-corrected chi connectivity index (χ4v) is 3.97. The van der Waals surface area contributed by atoms with Crippen molar-refractivity contribution in [1.82, 2.24) is 0 Å². The molecule has 2 heterocycles. The third kappa shape index (κ3) is 2.43. The smallest absolute Gasteiger partial charge is 0.129 e. The second-order valence-corrected chi connectivity index (χ2v) is 6.62. The summed E-state index contributed by atoms with van der Waals surface area (Å²) in [6.45, 7) is 0. The number of rotatable bonds is 3. The standard InChI is InChI=1S/C10H9BrClNOS2/c1-14-5-2-7(15-4-5)9(13)8-3-6(11)10(12)16-8/h2-4,9H,13H2,1H3. The number of thiophene rings is 2. The zero-order chi connectivity index (χ0) is 11.7. The highest BCUT2D eigenvalue weighted by molar-refractivity contribution is 9.10. The molecule has 0 saturated carbocycles. The molecule has 0 radical (unpaired) electrons. The molecular weight excluding hydrogens is 330 g/mol. The van der Waals surface area contributed by atoms with Gasteiger partial charge in [0.25, 0.3) is 0 Å². The Kier molecular flexibility index (Phi) is 3.92. The molecule has 86 valence electrons.